The van der Waals surface area contributed by atoms with Crippen LogP contribution in [0.3, 0.4) is 0 Å². The summed E-state index contributed by atoms with van der Waals surface area (Å²) in [6.45, 7) is 1.34. The minimum atomic E-state index is 0. The van der Waals surface area contributed by atoms with Crippen LogP contribution in [0.2, 0.25) is 0 Å². The first-order valence-corrected chi connectivity index (χ1v) is 10.3. The van der Waals surface area contributed by atoms with Crippen molar-refractivity contribution in [1.29, 1.82) is 0 Å². The van der Waals surface area contributed by atoms with Gasteiger partial charge in [-0.2, -0.15) is 0 Å². The molecular weight excluding hydrogens is 515 g/mol. The zero-order valence-corrected chi connectivity index (χ0v) is 21.7. The molecule has 7 nitrogen and oxygen atoms in total. The predicted octanol–water partition coefficient (Wildman–Crippen LogP) is 4.01. The van der Waals surface area contributed by atoms with Gasteiger partial charge in [0.25, 0.3) is 0 Å². The molecule has 0 radical (unpaired) electrons. The molecule has 0 saturated heterocycles. The maximum Gasteiger partial charge on any atom is 0.193 e. The molecule has 2 N–H and O–H groups in total. The smallest absolute Gasteiger partial charge is 0.193 e. The average molecular weight is 548 g/mol. The third kappa shape index (κ3) is 6.70. The molecule has 172 valence electrons. The Labute approximate surface area is 207 Å². The van der Waals surface area contributed by atoms with Crippen molar-refractivity contribution in [3.05, 3.63) is 72.2 Å². The van der Waals surface area contributed by atoms with Crippen molar-refractivity contribution in [3.8, 4) is 17.0 Å². The second kappa shape index (κ2) is 12.4. The van der Waals surface area contributed by atoms with Crippen LogP contribution in [0.15, 0.2) is 65.8 Å². The van der Waals surface area contributed by atoms with Crippen molar-refractivity contribution in [3.63, 3.8) is 0 Å². The fourth-order valence-electron chi connectivity index (χ4n) is 3.53. The van der Waals surface area contributed by atoms with E-state index in [4.69, 9.17) is 4.74 Å². The van der Waals surface area contributed by atoms with E-state index in [1.807, 2.05) is 43.6 Å². The number of hydrogen-bond acceptors (Lipinski definition) is 4. The number of guanidine groups is 1. The van der Waals surface area contributed by atoms with Gasteiger partial charge >= 0.3 is 0 Å². The molecule has 0 bridgehead atoms. The Morgan fingerprint density at radius 1 is 1.12 bits per heavy atom. The lowest BCUT2D eigenvalue weighted by molar-refractivity contribution is 0.294. The van der Waals surface area contributed by atoms with E-state index in [-0.39, 0.29) is 30.0 Å². The van der Waals surface area contributed by atoms with Crippen molar-refractivity contribution in [2.24, 2.45) is 4.99 Å². The maximum absolute atomic E-state index is 5.39. The number of halogens is 1. The fourth-order valence-corrected chi connectivity index (χ4v) is 3.53. The number of aromatic amines is 1. The lowest BCUT2D eigenvalue weighted by Crippen LogP contribution is -2.42. The summed E-state index contributed by atoms with van der Waals surface area (Å²) < 4.78 is 5.39. The van der Waals surface area contributed by atoms with Gasteiger partial charge in [-0.05, 0) is 37.4 Å². The van der Waals surface area contributed by atoms with Gasteiger partial charge in [0.1, 0.15) is 11.6 Å². The van der Waals surface area contributed by atoms with E-state index in [1.165, 1.54) is 5.56 Å². The number of H-pyrrole nitrogens is 1. The SMILES string of the molecule is CN=C(NCC(c1cccc(OC)c1)N(C)C)N(C)Cc1ncc(-c2ccccc2)[nH]1.I. The van der Waals surface area contributed by atoms with Gasteiger partial charge in [-0.25, -0.2) is 4.98 Å². The summed E-state index contributed by atoms with van der Waals surface area (Å²) in [5, 5.41) is 3.50. The highest BCUT2D eigenvalue weighted by atomic mass is 127. The van der Waals surface area contributed by atoms with E-state index in [9.17, 15) is 0 Å². The highest BCUT2D eigenvalue weighted by molar-refractivity contribution is 14.0. The number of nitrogens with one attached hydrogen (secondary N) is 2. The number of nitrogens with zero attached hydrogens (tertiary/aromatic N) is 4. The largest absolute Gasteiger partial charge is 0.497 e. The van der Waals surface area contributed by atoms with Crippen LogP contribution in [0, 0.1) is 0 Å². The first-order chi connectivity index (χ1) is 15.0. The molecule has 1 aromatic heterocycles. The van der Waals surface area contributed by atoms with Gasteiger partial charge < -0.3 is 24.8 Å². The van der Waals surface area contributed by atoms with Crippen LogP contribution < -0.4 is 10.1 Å². The van der Waals surface area contributed by atoms with E-state index in [0.717, 1.165) is 28.8 Å². The van der Waals surface area contributed by atoms with E-state index in [2.05, 4.69) is 68.4 Å². The summed E-state index contributed by atoms with van der Waals surface area (Å²) in [7, 11) is 9.65. The van der Waals surface area contributed by atoms with Crippen molar-refractivity contribution in [2.45, 2.75) is 12.6 Å². The highest BCUT2D eigenvalue weighted by Gasteiger charge is 2.17. The number of aliphatic imine (C=N–C) groups is 1. The molecule has 0 spiro atoms. The van der Waals surface area contributed by atoms with Gasteiger partial charge in [0.05, 0.1) is 31.6 Å². The zero-order chi connectivity index (χ0) is 22.2. The molecule has 0 aliphatic carbocycles. The van der Waals surface area contributed by atoms with Gasteiger partial charge in [-0.15, -0.1) is 24.0 Å². The number of benzene rings is 2. The molecule has 3 rings (SSSR count). The molecule has 1 heterocycles. The standard InChI is InChI=1S/C24H32N6O.HI/c1-25-24(27-16-22(29(2)3)19-12-9-13-20(14-19)31-5)30(4)17-23-26-15-21(28-23)18-10-7-6-8-11-18;/h6-15,22H,16-17H2,1-5H3,(H,25,27)(H,26,28);1H. The Balaban J connectivity index is 0.00000363. The Morgan fingerprint density at radius 3 is 2.53 bits per heavy atom. The summed E-state index contributed by atoms with van der Waals surface area (Å²) >= 11 is 0. The topological polar surface area (TPSA) is 68.8 Å². The maximum atomic E-state index is 5.39. The van der Waals surface area contributed by atoms with Crippen LogP contribution >= 0.6 is 24.0 Å². The third-order valence-corrected chi connectivity index (χ3v) is 5.23. The second-order valence-electron chi connectivity index (χ2n) is 7.65. The minimum Gasteiger partial charge on any atom is -0.497 e. The molecule has 0 aliphatic rings. The van der Waals surface area contributed by atoms with Crippen molar-refractivity contribution in [2.75, 3.05) is 41.8 Å². The van der Waals surface area contributed by atoms with Gasteiger partial charge in [0.2, 0.25) is 0 Å². The Morgan fingerprint density at radius 2 is 1.88 bits per heavy atom. The van der Waals surface area contributed by atoms with Crippen molar-refractivity contribution >= 4 is 29.9 Å². The minimum absolute atomic E-state index is 0. The summed E-state index contributed by atoms with van der Waals surface area (Å²) in [5.74, 6) is 2.56. The quantitative estimate of drug-likeness (QED) is 0.253. The molecule has 8 heteroatoms. The van der Waals surface area contributed by atoms with Crippen LogP contribution in [-0.2, 0) is 6.54 Å². The van der Waals surface area contributed by atoms with Crippen molar-refractivity contribution < 1.29 is 4.74 Å². The van der Waals surface area contributed by atoms with Crippen LogP contribution in [0.5, 0.6) is 5.75 Å². The zero-order valence-electron chi connectivity index (χ0n) is 19.4. The lowest BCUT2D eigenvalue weighted by Gasteiger charge is -2.28. The number of likely N-dealkylation sites (N-methyl/N-ethyl adjacent to an activating group) is 1. The van der Waals surface area contributed by atoms with Crippen LogP contribution in [0.1, 0.15) is 17.4 Å². The number of imidazole rings is 1. The van der Waals surface area contributed by atoms with Gasteiger partial charge in [-0.1, -0.05) is 42.5 Å². The number of aromatic nitrogens is 2. The molecule has 1 atom stereocenters. The summed E-state index contributed by atoms with van der Waals surface area (Å²) in [4.78, 5) is 16.6. The number of hydrogen-bond donors (Lipinski definition) is 2. The molecule has 0 saturated carbocycles. The fraction of sp³-hybridized carbons (Fsp3) is 0.333. The molecule has 2 aromatic carbocycles. The van der Waals surface area contributed by atoms with Gasteiger partial charge in [-0.3, -0.25) is 4.99 Å². The molecule has 0 aliphatic heterocycles. The Kier molecular flexibility index (Phi) is 9.98. The van der Waals surface area contributed by atoms with E-state index in [0.29, 0.717) is 13.1 Å². The summed E-state index contributed by atoms with van der Waals surface area (Å²) in [5.41, 5.74) is 3.32. The molecule has 0 amide bonds. The van der Waals surface area contributed by atoms with E-state index < -0.39 is 0 Å². The normalized spacial score (nSPS) is 12.2. The predicted molar refractivity (Wildman–Crippen MR) is 142 cm³/mol. The first kappa shape index (κ1) is 25.7. The van der Waals surface area contributed by atoms with Gasteiger partial charge in [0, 0.05) is 20.6 Å². The molecule has 32 heavy (non-hydrogen) atoms. The lowest BCUT2D eigenvalue weighted by atomic mass is 10.1. The van der Waals surface area contributed by atoms with Crippen LogP contribution in [0.4, 0.5) is 0 Å². The number of rotatable bonds is 8. The Bertz CT molecular complexity index is 989. The number of ether oxygens (including phenoxy) is 1. The van der Waals surface area contributed by atoms with E-state index in [1.54, 1.807) is 14.2 Å². The molecule has 1 unspecified atom stereocenters. The summed E-state index contributed by atoms with van der Waals surface area (Å²) in [6.07, 6.45) is 1.87. The monoisotopic (exact) mass is 548 g/mol. The van der Waals surface area contributed by atoms with E-state index >= 15 is 0 Å². The number of methoxy groups -OCH3 is 1. The Hall–Kier alpha value is -2.59. The van der Waals surface area contributed by atoms with Gasteiger partial charge in [0.15, 0.2) is 5.96 Å². The average Bonchev–Trinajstić information content (AvgIpc) is 3.25. The third-order valence-electron chi connectivity index (χ3n) is 5.23. The summed E-state index contributed by atoms with van der Waals surface area (Å²) in [6, 6.07) is 18.6. The molecule has 3 aromatic rings. The van der Waals surface area contributed by atoms with Crippen LogP contribution in [0.25, 0.3) is 11.3 Å². The first-order valence-electron chi connectivity index (χ1n) is 10.3. The van der Waals surface area contributed by atoms with Crippen LogP contribution in [-0.4, -0.2) is 67.6 Å². The van der Waals surface area contributed by atoms with Crippen molar-refractivity contribution in [1.82, 2.24) is 25.1 Å². The second-order valence-corrected chi connectivity index (χ2v) is 7.65. The molecular formula is C24H33IN6O. The molecule has 0 fully saturated rings. The highest BCUT2D eigenvalue weighted by Crippen LogP contribution is 2.22.